The first-order valence-corrected chi connectivity index (χ1v) is 9.24. The number of hydrogen-bond donors (Lipinski definition) is 1. The molecule has 6 heteroatoms. The highest BCUT2D eigenvalue weighted by Crippen LogP contribution is 2.43. The van der Waals surface area contributed by atoms with Gasteiger partial charge in [0.1, 0.15) is 0 Å². The van der Waals surface area contributed by atoms with Crippen LogP contribution in [0.25, 0.3) is 0 Å². The number of benzene rings is 2. The van der Waals surface area contributed by atoms with E-state index in [1.54, 1.807) is 24.3 Å². The third kappa shape index (κ3) is 2.88. The highest BCUT2D eigenvalue weighted by atomic mass is 35.5. The van der Waals surface area contributed by atoms with Crippen LogP contribution in [-0.4, -0.2) is 14.2 Å². The minimum absolute atomic E-state index is 0.0494. The highest BCUT2D eigenvalue weighted by molar-refractivity contribution is 7.89. The van der Waals surface area contributed by atoms with Crippen LogP contribution in [0.15, 0.2) is 48.5 Å². The molecule has 0 bridgehead atoms. The molecular formula is C16H15Cl2NO2S. The molecule has 0 amide bonds. The van der Waals surface area contributed by atoms with Crippen molar-refractivity contribution in [2.24, 2.45) is 0 Å². The molecule has 22 heavy (non-hydrogen) atoms. The van der Waals surface area contributed by atoms with E-state index in [2.05, 4.69) is 4.72 Å². The molecule has 2 aromatic carbocycles. The Morgan fingerprint density at radius 3 is 2.05 bits per heavy atom. The summed E-state index contributed by atoms with van der Waals surface area (Å²) in [6.07, 6.45) is 0. The van der Waals surface area contributed by atoms with Crippen molar-refractivity contribution in [1.29, 1.82) is 0 Å². The number of sulfonamides is 1. The van der Waals surface area contributed by atoms with Crippen molar-refractivity contribution in [3.05, 3.63) is 69.7 Å². The summed E-state index contributed by atoms with van der Waals surface area (Å²) in [6, 6.07) is 14.6. The van der Waals surface area contributed by atoms with Crippen LogP contribution in [-0.2, 0) is 15.6 Å². The Morgan fingerprint density at radius 2 is 1.50 bits per heavy atom. The van der Waals surface area contributed by atoms with Gasteiger partial charge in [-0.25, -0.2) is 13.1 Å². The molecule has 0 aromatic heterocycles. The van der Waals surface area contributed by atoms with Crippen molar-refractivity contribution in [2.45, 2.75) is 18.4 Å². The summed E-state index contributed by atoms with van der Waals surface area (Å²) in [6.45, 7) is 1.90. The van der Waals surface area contributed by atoms with Crippen LogP contribution in [0.4, 0.5) is 0 Å². The van der Waals surface area contributed by atoms with E-state index in [1.807, 2.05) is 31.2 Å². The van der Waals surface area contributed by atoms with Gasteiger partial charge in [0.25, 0.3) is 0 Å². The molecule has 0 saturated carbocycles. The fourth-order valence-corrected chi connectivity index (χ4v) is 5.21. The lowest BCUT2D eigenvalue weighted by Crippen LogP contribution is -2.39. The molecule has 1 saturated heterocycles. The number of halogens is 2. The van der Waals surface area contributed by atoms with Crippen LogP contribution in [0, 0.1) is 0 Å². The van der Waals surface area contributed by atoms with E-state index in [1.165, 1.54) is 0 Å². The summed E-state index contributed by atoms with van der Waals surface area (Å²) < 4.78 is 27.1. The summed E-state index contributed by atoms with van der Waals surface area (Å²) in [5, 5.41) is 1.25. The van der Waals surface area contributed by atoms with Crippen molar-refractivity contribution in [3.63, 3.8) is 0 Å². The van der Waals surface area contributed by atoms with E-state index in [-0.39, 0.29) is 11.7 Å². The Balaban J connectivity index is 2.10. The highest BCUT2D eigenvalue weighted by Gasteiger charge is 2.48. The fourth-order valence-electron chi connectivity index (χ4n) is 3.00. The van der Waals surface area contributed by atoms with E-state index in [0.29, 0.717) is 10.0 Å². The van der Waals surface area contributed by atoms with Crippen molar-refractivity contribution in [2.75, 3.05) is 5.75 Å². The molecule has 1 heterocycles. The van der Waals surface area contributed by atoms with Crippen molar-refractivity contribution >= 4 is 33.2 Å². The minimum Gasteiger partial charge on any atom is -0.212 e. The maximum Gasteiger partial charge on any atom is 0.213 e. The van der Waals surface area contributed by atoms with Gasteiger partial charge >= 0.3 is 0 Å². The molecule has 116 valence electrons. The molecule has 1 aliphatic rings. The summed E-state index contributed by atoms with van der Waals surface area (Å²) >= 11 is 11.9. The maximum atomic E-state index is 12.2. The summed E-state index contributed by atoms with van der Waals surface area (Å²) in [4.78, 5) is 0. The fraction of sp³-hybridized carbons (Fsp3) is 0.250. The van der Waals surface area contributed by atoms with E-state index >= 15 is 0 Å². The SMILES string of the molecule is CC1(c2ccc(Cl)cc2)NS(=O)(=O)CC1c1ccc(Cl)cc1. The Hall–Kier alpha value is -1.07. The summed E-state index contributed by atoms with van der Waals surface area (Å²) in [5.41, 5.74) is 1.12. The summed E-state index contributed by atoms with van der Waals surface area (Å²) in [5.74, 6) is -0.149. The topological polar surface area (TPSA) is 46.2 Å². The van der Waals surface area contributed by atoms with Crippen molar-refractivity contribution in [1.82, 2.24) is 4.72 Å². The van der Waals surface area contributed by atoms with Crippen LogP contribution < -0.4 is 4.72 Å². The van der Waals surface area contributed by atoms with E-state index in [0.717, 1.165) is 11.1 Å². The standard InChI is InChI=1S/C16H15Cl2NO2S/c1-16(12-4-8-14(18)9-5-12)15(10-22(20,21)19-16)11-2-6-13(17)7-3-11/h2-9,15,19H,10H2,1H3. The second-order valence-electron chi connectivity index (χ2n) is 5.70. The van der Waals surface area contributed by atoms with Crippen LogP contribution in [0.5, 0.6) is 0 Å². The number of rotatable bonds is 2. The molecule has 0 spiro atoms. The Labute approximate surface area is 140 Å². The molecule has 0 aliphatic carbocycles. The summed E-state index contributed by atoms with van der Waals surface area (Å²) in [7, 11) is -3.34. The lowest BCUT2D eigenvalue weighted by Gasteiger charge is -2.31. The largest absolute Gasteiger partial charge is 0.213 e. The molecule has 0 radical (unpaired) electrons. The van der Waals surface area contributed by atoms with Gasteiger partial charge < -0.3 is 0 Å². The Kier molecular flexibility index (Phi) is 3.98. The smallest absolute Gasteiger partial charge is 0.212 e. The average Bonchev–Trinajstić information content (AvgIpc) is 2.71. The van der Waals surface area contributed by atoms with Gasteiger partial charge in [-0.15, -0.1) is 0 Å². The van der Waals surface area contributed by atoms with Gasteiger partial charge in [0, 0.05) is 16.0 Å². The molecule has 1 fully saturated rings. The lowest BCUT2D eigenvalue weighted by molar-refractivity contribution is 0.404. The molecule has 2 unspecified atom stereocenters. The number of nitrogens with one attached hydrogen (secondary N) is 1. The first-order valence-electron chi connectivity index (χ1n) is 6.83. The van der Waals surface area contributed by atoms with Gasteiger partial charge in [0.2, 0.25) is 10.0 Å². The van der Waals surface area contributed by atoms with Crippen LogP contribution >= 0.6 is 23.2 Å². The minimum atomic E-state index is -3.34. The zero-order chi connectivity index (χ0) is 16.0. The molecule has 2 aromatic rings. The quantitative estimate of drug-likeness (QED) is 0.886. The lowest BCUT2D eigenvalue weighted by atomic mass is 9.78. The maximum absolute atomic E-state index is 12.2. The third-order valence-electron chi connectivity index (χ3n) is 4.17. The van der Waals surface area contributed by atoms with Gasteiger partial charge in [-0.05, 0) is 42.3 Å². The Morgan fingerprint density at radius 1 is 1.00 bits per heavy atom. The van der Waals surface area contributed by atoms with Gasteiger partial charge in [-0.1, -0.05) is 47.5 Å². The van der Waals surface area contributed by atoms with Crippen molar-refractivity contribution < 1.29 is 8.42 Å². The second kappa shape index (κ2) is 5.53. The monoisotopic (exact) mass is 355 g/mol. The second-order valence-corrected chi connectivity index (χ2v) is 8.34. The predicted molar refractivity (Wildman–Crippen MR) is 89.9 cm³/mol. The first-order chi connectivity index (χ1) is 10.3. The molecular weight excluding hydrogens is 341 g/mol. The predicted octanol–water partition coefficient (Wildman–Crippen LogP) is 3.93. The van der Waals surface area contributed by atoms with Gasteiger partial charge in [-0.2, -0.15) is 0 Å². The van der Waals surface area contributed by atoms with Crippen LogP contribution in [0.1, 0.15) is 24.0 Å². The molecule has 3 nitrogen and oxygen atoms in total. The average molecular weight is 356 g/mol. The zero-order valence-corrected chi connectivity index (χ0v) is 14.2. The normalized spacial score (nSPS) is 27.0. The molecule has 2 atom stereocenters. The van der Waals surface area contributed by atoms with E-state index < -0.39 is 15.6 Å². The van der Waals surface area contributed by atoms with Crippen LogP contribution in [0.3, 0.4) is 0 Å². The van der Waals surface area contributed by atoms with Crippen LogP contribution in [0.2, 0.25) is 10.0 Å². The molecule has 1 aliphatic heterocycles. The zero-order valence-electron chi connectivity index (χ0n) is 11.9. The Bertz CT molecular complexity index is 788. The number of hydrogen-bond acceptors (Lipinski definition) is 2. The van der Waals surface area contributed by atoms with Gasteiger partial charge in [-0.3, -0.25) is 0 Å². The molecule has 1 N–H and O–H groups in total. The van der Waals surface area contributed by atoms with E-state index in [9.17, 15) is 8.42 Å². The first kappa shape index (κ1) is 15.8. The van der Waals surface area contributed by atoms with Gasteiger partial charge in [0.15, 0.2) is 0 Å². The van der Waals surface area contributed by atoms with E-state index in [4.69, 9.17) is 23.2 Å². The third-order valence-corrected chi connectivity index (χ3v) is 6.18. The molecule has 3 rings (SSSR count). The van der Waals surface area contributed by atoms with Crippen molar-refractivity contribution in [3.8, 4) is 0 Å². The van der Waals surface area contributed by atoms with Gasteiger partial charge in [0.05, 0.1) is 11.3 Å².